The molecule has 2 aromatic rings. The topological polar surface area (TPSA) is 36.4 Å². The van der Waals surface area contributed by atoms with E-state index in [2.05, 4.69) is 39.0 Å². The van der Waals surface area contributed by atoms with Gasteiger partial charge in [-0.3, -0.25) is 9.78 Å². The minimum absolute atomic E-state index is 0.169. The first-order valence-electron chi connectivity index (χ1n) is 9.77. The number of likely N-dealkylation sites (tertiary alicyclic amines) is 1. The lowest BCUT2D eigenvalue weighted by Crippen LogP contribution is -2.57. The van der Waals surface area contributed by atoms with E-state index in [0.29, 0.717) is 0 Å². The zero-order chi connectivity index (χ0) is 18.9. The number of hydrogen-bond donors (Lipinski definition) is 0. The number of halogens is 1. The molecule has 5 heteroatoms. The van der Waals surface area contributed by atoms with E-state index in [0.717, 1.165) is 57.4 Å². The van der Waals surface area contributed by atoms with Gasteiger partial charge in [0.05, 0.1) is 11.7 Å². The fraction of sp³-hybridized carbons (Fsp3) is 0.455. The quantitative estimate of drug-likeness (QED) is 0.836. The fourth-order valence-electron chi connectivity index (χ4n) is 4.81. The van der Waals surface area contributed by atoms with Gasteiger partial charge in [-0.15, -0.1) is 0 Å². The molecule has 2 aliphatic heterocycles. The van der Waals surface area contributed by atoms with Crippen LogP contribution in [0.2, 0.25) is 0 Å². The van der Waals surface area contributed by atoms with Crippen LogP contribution in [0.15, 0.2) is 42.7 Å². The van der Waals surface area contributed by atoms with Crippen molar-refractivity contribution < 1.29 is 9.18 Å². The first-order valence-corrected chi connectivity index (χ1v) is 9.77. The van der Waals surface area contributed by atoms with Gasteiger partial charge >= 0.3 is 0 Å². The maximum absolute atomic E-state index is 13.3. The second-order valence-electron chi connectivity index (χ2n) is 7.71. The van der Waals surface area contributed by atoms with E-state index in [1.165, 1.54) is 17.3 Å². The molecule has 4 rings (SSSR count). The molecule has 1 amide bonds. The first kappa shape index (κ1) is 18.1. The number of carbonyl (C=O) groups excluding carboxylic acids is 1. The van der Waals surface area contributed by atoms with E-state index >= 15 is 0 Å². The number of aromatic nitrogens is 1. The number of pyridine rings is 1. The highest BCUT2D eigenvalue weighted by molar-refractivity contribution is 5.75. The molecular formula is C22H26FN3O. The Kier molecular flexibility index (Phi) is 4.96. The van der Waals surface area contributed by atoms with Crippen LogP contribution in [0.5, 0.6) is 0 Å². The highest BCUT2D eigenvalue weighted by Gasteiger charge is 2.45. The van der Waals surface area contributed by atoms with E-state index < -0.39 is 0 Å². The van der Waals surface area contributed by atoms with E-state index in [4.69, 9.17) is 0 Å². The van der Waals surface area contributed by atoms with Crippen molar-refractivity contribution in [1.29, 1.82) is 0 Å². The molecule has 0 atom stereocenters. The monoisotopic (exact) mass is 367 g/mol. The van der Waals surface area contributed by atoms with Crippen LogP contribution in [0.1, 0.15) is 36.5 Å². The Morgan fingerprint density at radius 1 is 1.19 bits per heavy atom. The van der Waals surface area contributed by atoms with E-state index in [-0.39, 0.29) is 17.3 Å². The summed E-state index contributed by atoms with van der Waals surface area (Å²) in [5, 5.41) is 0. The molecule has 3 heterocycles. The third-order valence-corrected chi connectivity index (χ3v) is 6.18. The van der Waals surface area contributed by atoms with Crippen molar-refractivity contribution in [2.75, 3.05) is 26.2 Å². The van der Waals surface area contributed by atoms with Gasteiger partial charge in [-0.25, -0.2) is 4.39 Å². The van der Waals surface area contributed by atoms with Gasteiger partial charge in [0.1, 0.15) is 5.82 Å². The summed E-state index contributed by atoms with van der Waals surface area (Å²) in [4.78, 5) is 20.8. The third kappa shape index (κ3) is 3.48. The maximum atomic E-state index is 13.3. The maximum Gasteiger partial charge on any atom is 0.220 e. The summed E-state index contributed by atoms with van der Waals surface area (Å²) in [6, 6.07) is 10.2. The van der Waals surface area contributed by atoms with Crippen LogP contribution in [-0.4, -0.2) is 46.9 Å². The van der Waals surface area contributed by atoms with Crippen LogP contribution in [0.25, 0.3) is 0 Å². The van der Waals surface area contributed by atoms with Gasteiger partial charge in [-0.05, 0) is 48.4 Å². The van der Waals surface area contributed by atoms with Crippen molar-refractivity contribution in [3.8, 4) is 0 Å². The summed E-state index contributed by atoms with van der Waals surface area (Å²) >= 11 is 0. The van der Waals surface area contributed by atoms with Gasteiger partial charge < -0.3 is 9.80 Å². The molecule has 1 fully saturated rings. The Labute approximate surface area is 160 Å². The largest absolute Gasteiger partial charge is 0.333 e. The van der Waals surface area contributed by atoms with Crippen LogP contribution in [0.3, 0.4) is 0 Å². The number of hydrogen-bond acceptors (Lipinski definition) is 3. The average molecular weight is 367 g/mol. The molecule has 0 N–H and O–H groups in total. The molecule has 1 spiro atoms. The van der Waals surface area contributed by atoms with Crippen molar-refractivity contribution in [1.82, 2.24) is 14.8 Å². The lowest BCUT2D eigenvalue weighted by molar-refractivity contribution is -0.139. The molecule has 1 aromatic heterocycles. The van der Waals surface area contributed by atoms with Crippen LogP contribution < -0.4 is 0 Å². The van der Waals surface area contributed by atoms with Crippen molar-refractivity contribution in [3.05, 3.63) is 65.2 Å². The van der Waals surface area contributed by atoms with E-state index in [1.54, 1.807) is 19.2 Å². The zero-order valence-corrected chi connectivity index (χ0v) is 15.8. The number of amides is 1. The highest BCUT2D eigenvalue weighted by atomic mass is 19.1. The Bertz CT molecular complexity index is 830. The zero-order valence-electron chi connectivity index (χ0n) is 15.8. The normalized spacial score (nSPS) is 19.1. The predicted octanol–water partition coefficient (Wildman–Crippen LogP) is 3.16. The molecule has 0 saturated carbocycles. The molecule has 1 saturated heterocycles. The van der Waals surface area contributed by atoms with Crippen molar-refractivity contribution in [3.63, 3.8) is 0 Å². The molecule has 142 valence electrons. The van der Waals surface area contributed by atoms with Crippen LogP contribution >= 0.6 is 0 Å². The summed E-state index contributed by atoms with van der Waals surface area (Å²) in [6.07, 6.45) is 6.61. The minimum Gasteiger partial charge on any atom is -0.333 e. The molecule has 0 bridgehead atoms. The Hall–Kier alpha value is -2.27. The molecule has 0 radical (unpaired) electrons. The number of fused-ring (bicyclic) bond motifs is 2. The summed E-state index contributed by atoms with van der Waals surface area (Å²) in [7, 11) is 0. The molecular weight excluding hydrogens is 341 g/mol. The fourth-order valence-corrected chi connectivity index (χ4v) is 4.81. The number of rotatable bonds is 3. The first-order chi connectivity index (χ1) is 13.1. The van der Waals surface area contributed by atoms with Gasteiger partial charge in [0, 0.05) is 39.3 Å². The molecule has 0 aliphatic carbocycles. The van der Waals surface area contributed by atoms with E-state index in [1.807, 2.05) is 0 Å². The average Bonchev–Trinajstić information content (AvgIpc) is 2.68. The second-order valence-corrected chi connectivity index (χ2v) is 7.71. The lowest BCUT2D eigenvalue weighted by Gasteiger charge is -2.52. The number of benzene rings is 1. The standard InChI is InChI=1S/C22H26FN3O/c1-17(27)26-11-7-19-4-2-3-5-21(19)22(26)8-12-25(13-9-22)10-6-18-14-20(23)16-24-15-18/h2-5,14-16H,6-13H2,1H3. The molecule has 27 heavy (non-hydrogen) atoms. The summed E-state index contributed by atoms with van der Waals surface area (Å²) < 4.78 is 13.3. The van der Waals surface area contributed by atoms with Crippen LogP contribution in [0.4, 0.5) is 4.39 Å². The van der Waals surface area contributed by atoms with Crippen LogP contribution in [-0.2, 0) is 23.2 Å². The summed E-state index contributed by atoms with van der Waals surface area (Å²) in [5.74, 6) is -0.107. The Balaban J connectivity index is 1.48. The third-order valence-electron chi connectivity index (χ3n) is 6.18. The smallest absolute Gasteiger partial charge is 0.220 e. The van der Waals surface area contributed by atoms with Crippen LogP contribution in [0, 0.1) is 5.82 Å². The second kappa shape index (κ2) is 7.39. The van der Waals surface area contributed by atoms with Crippen molar-refractivity contribution >= 4 is 5.91 Å². The number of nitrogens with zero attached hydrogens (tertiary/aromatic N) is 3. The number of carbonyl (C=O) groups is 1. The molecule has 1 aromatic carbocycles. The van der Waals surface area contributed by atoms with Gasteiger partial charge in [0.25, 0.3) is 0 Å². The molecule has 0 unspecified atom stereocenters. The minimum atomic E-state index is -0.277. The number of piperidine rings is 1. The summed E-state index contributed by atoms with van der Waals surface area (Å²) in [5.41, 5.74) is 3.48. The van der Waals surface area contributed by atoms with E-state index in [9.17, 15) is 9.18 Å². The van der Waals surface area contributed by atoms with Gasteiger partial charge in [0.15, 0.2) is 0 Å². The predicted molar refractivity (Wildman–Crippen MR) is 103 cm³/mol. The van der Waals surface area contributed by atoms with Gasteiger partial charge in [0.2, 0.25) is 5.91 Å². The molecule has 4 nitrogen and oxygen atoms in total. The Morgan fingerprint density at radius 2 is 1.96 bits per heavy atom. The van der Waals surface area contributed by atoms with Crippen molar-refractivity contribution in [2.24, 2.45) is 0 Å². The van der Waals surface area contributed by atoms with Gasteiger partial charge in [-0.2, -0.15) is 0 Å². The molecule has 2 aliphatic rings. The van der Waals surface area contributed by atoms with Gasteiger partial charge in [-0.1, -0.05) is 24.3 Å². The Morgan fingerprint density at radius 3 is 2.70 bits per heavy atom. The summed E-state index contributed by atoms with van der Waals surface area (Å²) in [6.45, 7) is 5.28. The highest BCUT2D eigenvalue weighted by Crippen LogP contribution is 2.43. The SMILES string of the molecule is CC(=O)N1CCc2ccccc2C12CCN(CCc1cncc(F)c1)CC2. The van der Waals surface area contributed by atoms with Crippen molar-refractivity contribution in [2.45, 2.75) is 38.1 Å². The lowest BCUT2D eigenvalue weighted by atomic mass is 9.74.